The molecule has 0 rings (SSSR count). The summed E-state index contributed by atoms with van der Waals surface area (Å²) in [6.07, 6.45) is 0. The van der Waals surface area contributed by atoms with Gasteiger partial charge in [-0.1, -0.05) is 0 Å². The molecule has 0 radical (unpaired) electrons. The van der Waals surface area contributed by atoms with E-state index in [4.69, 9.17) is 4.55 Å². The van der Waals surface area contributed by atoms with E-state index in [2.05, 4.69) is 0 Å². The number of rotatable bonds is 8. The first kappa shape index (κ1) is 30.9. The van der Waals surface area contributed by atoms with E-state index in [0.717, 1.165) is 0 Å². The largest absolute Gasteiger partial charge is 0.438 e. The molecule has 0 atom stereocenters. The molecule has 0 saturated carbocycles. The Morgan fingerprint density at radius 3 is 0.900 bits per heavy atom. The third-order valence-electron chi connectivity index (χ3n) is 3.21. The summed E-state index contributed by atoms with van der Waals surface area (Å²) < 4.78 is 234. The Hall–Kier alpha value is -1.25. The van der Waals surface area contributed by atoms with Crippen molar-refractivity contribution in [3.05, 3.63) is 0 Å². The first-order valence-electron chi connectivity index (χ1n) is 5.99. The van der Waals surface area contributed by atoms with Crippen LogP contribution < -0.4 is 6.15 Å². The van der Waals surface area contributed by atoms with Crippen molar-refractivity contribution in [3.63, 3.8) is 0 Å². The van der Waals surface area contributed by atoms with Gasteiger partial charge in [0.2, 0.25) is 0 Å². The molecule has 0 bridgehead atoms. The van der Waals surface area contributed by atoms with E-state index in [1.165, 1.54) is 0 Å². The molecular weight excluding hydrogens is 506 g/mol. The van der Waals surface area contributed by atoms with Gasteiger partial charge in [0.25, 0.3) is 0 Å². The fraction of sp³-hybridized carbons (Fsp3) is 1.00. The van der Waals surface area contributed by atoms with Crippen LogP contribution in [0.5, 0.6) is 0 Å². The molecule has 0 aromatic rings. The third kappa shape index (κ3) is 3.54. The summed E-state index contributed by atoms with van der Waals surface area (Å²) in [6.45, 7) is -1.30. The standard InChI is InChI=1S/C9H4F16O3S.H3N/c1-2(10,11)3(12,13)4(14,15)5(16,17)6(18,19)7(20,21)8(22,23)9(24,25)29(26,27)28;/h1H3,(H,26,27,28);1H3. The summed E-state index contributed by atoms with van der Waals surface area (Å²) in [6, 6.07) is 0. The van der Waals surface area contributed by atoms with Gasteiger partial charge < -0.3 is 6.15 Å². The van der Waals surface area contributed by atoms with Gasteiger partial charge in [-0.15, -0.1) is 0 Å². The average molecular weight is 513 g/mol. The molecule has 0 heterocycles. The van der Waals surface area contributed by atoms with Crippen LogP contribution in [0.25, 0.3) is 0 Å². The fourth-order valence-corrected chi connectivity index (χ4v) is 1.86. The molecular formula is C9H7F16NO3S. The molecule has 0 unspecified atom stereocenters. The van der Waals surface area contributed by atoms with Gasteiger partial charge in [-0.2, -0.15) is 78.7 Å². The van der Waals surface area contributed by atoms with Gasteiger partial charge in [-0.3, -0.25) is 4.55 Å². The van der Waals surface area contributed by atoms with Crippen molar-refractivity contribution in [3.8, 4) is 0 Å². The summed E-state index contributed by atoms with van der Waals surface area (Å²) in [5.41, 5.74) is 0. The lowest BCUT2D eigenvalue weighted by Gasteiger charge is -2.42. The van der Waals surface area contributed by atoms with Crippen LogP contribution in [-0.2, 0) is 10.1 Å². The highest BCUT2D eigenvalue weighted by atomic mass is 32.2. The van der Waals surface area contributed by atoms with Gasteiger partial charge in [0.1, 0.15) is 0 Å². The van der Waals surface area contributed by atoms with Gasteiger partial charge in [0, 0.05) is 6.92 Å². The Balaban J connectivity index is 0. The number of alkyl halides is 16. The van der Waals surface area contributed by atoms with Crippen molar-refractivity contribution in [2.24, 2.45) is 0 Å². The van der Waals surface area contributed by atoms with Crippen LogP contribution >= 0.6 is 0 Å². The van der Waals surface area contributed by atoms with Crippen LogP contribution in [-0.4, -0.2) is 59.7 Å². The molecule has 0 aromatic heterocycles. The number of hydrogen-bond acceptors (Lipinski definition) is 3. The van der Waals surface area contributed by atoms with Crippen molar-refractivity contribution in [2.75, 3.05) is 0 Å². The molecule has 0 amide bonds. The Bertz CT molecular complexity index is 740. The van der Waals surface area contributed by atoms with Crippen LogP contribution in [0.1, 0.15) is 6.92 Å². The molecule has 0 aliphatic carbocycles. The van der Waals surface area contributed by atoms with Gasteiger partial charge in [0.05, 0.1) is 0 Å². The van der Waals surface area contributed by atoms with Crippen molar-refractivity contribution in [1.29, 1.82) is 0 Å². The normalized spacial score (nSPS) is 16.3. The Labute approximate surface area is 154 Å². The third-order valence-corrected chi connectivity index (χ3v) is 4.12. The van der Waals surface area contributed by atoms with E-state index in [1.807, 2.05) is 0 Å². The minimum Gasteiger partial charge on any atom is -0.344 e. The average Bonchev–Trinajstić information content (AvgIpc) is 2.43. The molecule has 0 aliphatic heterocycles. The van der Waals surface area contributed by atoms with E-state index in [-0.39, 0.29) is 6.15 Å². The van der Waals surface area contributed by atoms with E-state index < -0.39 is 63.8 Å². The molecule has 0 fully saturated rings. The maximum atomic E-state index is 13.2. The highest BCUT2D eigenvalue weighted by Gasteiger charge is 2.95. The molecule has 0 aliphatic rings. The quantitative estimate of drug-likeness (QED) is 0.350. The van der Waals surface area contributed by atoms with Crippen molar-refractivity contribution >= 4 is 10.1 Å². The van der Waals surface area contributed by atoms with Gasteiger partial charge >= 0.3 is 56.8 Å². The van der Waals surface area contributed by atoms with Crippen molar-refractivity contribution in [2.45, 2.75) is 53.6 Å². The smallest absolute Gasteiger partial charge is 0.344 e. The molecule has 4 N–H and O–H groups in total. The fourth-order valence-electron chi connectivity index (χ4n) is 1.41. The Morgan fingerprint density at radius 1 is 0.500 bits per heavy atom. The van der Waals surface area contributed by atoms with Gasteiger partial charge in [0.15, 0.2) is 0 Å². The van der Waals surface area contributed by atoms with Crippen LogP contribution in [0.15, 0.2) is 0 Å². The molecule has 0 aromatic carbocycles. The SMILES string of the molecule is CC(F)(F)C(F)(F)C(F)(F)C(F)(F)C(F)(F)C(F)(F)C(F)(F)C(F)(F)S(=O)(=O)O.N. The summed E-state index contributed by atoms with van der Waals surface area (Å²) in [7, 11) is -7.83. The Kier molecular flexibility index (Phi) is 7.36. The Morgan fingerprint density at radius 2 is 0.700 bits per heavy atom. The molecule has 21 heteroatoms. The lowest BCUT2D eigenvalue weighted by atomic mass is 9.89. The van der Waals surface area contributed by atoms with Crippen LogP contribution in [0, 0.1) is 0 Å². The van der Waals surface area contributed by atoms with E-state index in [9.17, 15) is 78.7 Å². The lowest BCUT2D eigenvalue weighted by molar-refractivity contribution is -0.448. The monoisotopic (exact) mass is 513 g/mol. The summed E-state index contributed by atoms with van der Waals surface area (Å²) in [5.74, 6) is -56.7. The maximum Gasteiger partial charge on any atom is 0.438 e. The van der Waals surface area contributed by atoms with E-state index in [0.29, 0.717) is 0 Å². The first-order valence-corrected chi connectivity index (χ1v) is 7.43. The van der Waals surface area contributed by atoms with Gasteiger partial charge in [-0.25, -0.2) is 0 Å². The van der Waals surface area contributed by atoms with Gasteiger partial charge in [-0.05, 0) is 0 Å². The maximum absolute atomic E-state index is 13.2. The van der Waals surface area contributed by atoms with E-state index >= 15 is 0 Å². The van der Waals surface area contributed by atoms with Crippen LogP contribution in [0.4, 0.5) is 70.2 Å². The zero-order valence-electron chi connectivity index (χ0n) is 13.4. The molecule has 0 spiro atoms. The second-order valence-electron chi connectivity index (χ2n) is 5.33. The minimum absolute atomic E-state index is 0. The van der Waals surface area contributed by atoms with Crippen LogP contribution in [0.2, 0.25) is 0 Å². The molecule has 184 valence electrons. The summed E-state index contributed by atoms with van der Waals surface area (Å²) in [4.78, 5) is 0. The second-order valence-corrected chi connectivity index (χ2v) is 6.79. The predicted octanol–water partition coefficient (Wildman–Crippen LogP) is 5.10. The lowest BCUT2D eigenvalue weighted by Crippen LogP contribution is -2.75. The molecule has 30 heavy (non-hydrogen) atoms. The molecule has 4 nitrogen and oxygen atoms in total. The predicted molar refractivity (Wildman–Crippen MR) is 61.8 cm³/mol. The summed E-state index contributed by atoms with van der Waals surface area (Å²) in [5, 5.41) is -7.77. The van der Waals surface area contributed by atoms with Crippen molar-refractivity contribution in [1.82, 2.24) is 6.15 Å². The summed E-state index contributed by atoms with van der Waals surface area (Å²) >= 11 is 0. The van der Waals surface area contributed by atoms with Crippen molar-refractivity contribution < 1.29 is 83.2 Å². The number of halogens is 16. The zero-order chi connectivity index (χ0) is 24.5. The second kappa shape index (κ2) is 7.14. The minimum atomic E-state index is -8.73. The highest BCUT2D eigenvalue weighted by molar-refractivity contribution is 7.87. The van der Waals surface area contributed by atoms with Crippen LogP contribution in [0.3, 0.4) is 0 Å². The molecule has 0 saturated heterocycles. The number of hydrogen-bond donors (Lipinski definition) is 2. The van der Waals surface area contributed by atoms with E-state index in [1.54, 1.807) is 0 Å². The first-order chi connectivity index (χ1) is 12.0. The topological polar surface area (TPSA) is 89.4 Å². The highest BCUT2D eigenvalue weighted by Crippen LogP contribution is 2.64. The zero-order valence-corrected chi connectivity index (χ0v) is 14.2.